The SMILES string of the molecule is Cn1ccc2c(c1=O)C1=C3C(=C(F)N(/C=C(/C=C/c4ccccc4)c4ccccc4)C3CCN1)C=C2F. The van der Waals surface area contributed by atoms with Gasteiger partial charge < -0.3 is 14.8 Å². The molecule has 0 fully saturated rings. The second-order valence-corrected chi connectivity index (χ2v) is 9.34. The van der Waals surface area contributed by atoms with E-state index in [9.17, 15) is 4.79 Å². The van der Waals surface area contributed by atoms with Crippen molar-refractivity contribution in [3.8, 4) is 0 Å². The highest BCUT2D eigenvalue weighted by atomic mass is 19.1. The van der Waals surface area contributed by atoms with E-state index in [1.54, 1.807) is 24.2 Å². The van der Waals surface area contributed by atoms with Crippen LogP contribution in [0.3, 0.4) is 0 Å². The molecule has 3 aromatic rings. The molecule has 2 aliphatic heterocycles. The van der Waals surface area contributed by atoms with Gasteiger partial charge in [0.2, 0.25) is 5.95 Å². The maximum atomic E-state index is 16.1. The minimum atomic E-state index is -0.620. The third kappa shape index (κ3) is 3.95. The highest BCUT2D eigenvalue weighted by molar-refractivity contribution is 5.87. The first kappa shape index (κ1) is 23.0. The minimum absolute atomic E-state index is 0.179. The van der Waals surface area contributed by atoms with Gasteiger partial charge in [-0.3, -0.25) is 4.79 Å². The summed E-state index contributed by atoms with van der Waals surface area (Å²) in [4.78, 5) is 14.7. The van der Waals surface area contributed by atoms with Crippen LogP contribution in [0.5, 0.6) is 0 Å². The number of allylic oxidation sites excluding steroid dienone is 3. The fourth-order valence-corrected chi connectivity index (χ4v) is 5.24. The van der Waals surface area contributed by atoms with Crippen molar-refractivity contribution in [2.45, 2.75) is 12.5 Å². The Labute approximate surface area is 213 Å². The van der Waals surface area contributed by atoms with Crippen LogP contribution >= 0.6 is 0 Å². The number of hydrogen-bond donors (Lipinski definition) is 1. The number of benzene rings is 2. The number of hydrogen-bond acceptors (Lipinski definition) is 3. The van der Waals surface area contributed by atoms with Gasteiger partial charge in [0.25, 0.3) is 5.56 Å². The number of fused-ring (bicyclic) bond motifs is 2. The maximum absolute atomic E-state index is 16.1. The number of aryl methyl sites for hydroxylation is 1. The zero-order valence-electron chi connectivity index (χ0n) is 20.3. The molecule has 3 aliphatic rings. The predicted octanol–water partition coefficient (Wildman–Crippen LogP) is 6.03. The van der Waals surface area contributed by atoms with E-state index in [0.717, 1.165) is 16.7 Å². The Morgan fingerprint density at radius 2 is 1.76 bits per heavy atom. The molecule has 2 aromatic carbocycles. The van der Waals surface area contributed by atoms with Gasteiger partial charge in [-0.15, -0.1) is 0 Å². The highest BCUT2D eigenvalue weighted by Gasteiger charge is 2.42. The van der Waals surface area contributed by atoms with Crippen molar-refractivity contribution in [2.75, 3.05) is 6.54 Å². The summed E-state index contributed by atoms with van der Waals surface area (Å²) < 4.78 is 33.0. The maximum Gasteiger partial charge on any atom is 0.260 e. The largest absolute Gasteiger partial charge is 0.384 e. The first-order valence-electron chi connectivity index (χ1n) is 12.3. The van der Waals surface area contributed by atoms with Crippen LogP contribution in [0.2, 0.25) is 0 Å². The van der Waals surface area contributed by atoms with Crippen LogP contribution in [0.25, 0.3) is 23.2 Å². The Kier molecular flexibility index (Phi) is 5.72. The molecule has 0 saturated heterocycles. The van der Waals surface area contributed by atoms with Crippen LogP contribution in [-0.4, -0.2) is 22.1 Å². The highest BCUT2D eigenvalue weighted by Crippen LogP contribution is 2.46. The lowest BCUT2D eigenvalue weighted by Crippen LogP contribution is -2.37. The van der Waals surface area contributed by atoms with Gasteiger partial charge in [0.05, 0.1) is 17.3 Å². The van der Waals surface area contributed by atoms with Crippen LogP contribution in [0.1, 0.15) is 28.7 Å². The molecule has 6 rings (SSSR count). The molecule has 0 radical (unpaired) electrons. The smallest absolute Gasteiger partial charge is 0.260 e. The molecule has 6 heteroatoms. The molecule has 1 aliphatic carbocycles. The van der Waals surface area contributed by atoms with Crippen molar-refractivity contribution in [1.29, 1.82) is 0 Å². The van der Waals surface area contributed by atoms with Crippen LogP contribution in [-0.2, 0) is 7.05 Å². The van der Waals surface area contributed by atoms with Crippen LogP contribution in [0, 0.1) is 0 Å². The summed E-state index contributed by atoms with van der Waals surface area (Å²) in [5, 5.41) is 3.28. The van der Waals surface area contributed by atoms with E-state index in [0.29, 0.717) is 24.2 Å². The summed E-state index contributed by atoms with van der Waals surface area (Å²) in [6.07, 6.45) is 9.12. The summed E-state index contributed by atoms with van der Waals surface area (Å²) in [6, 6.07) is 20.9. The zero-order valence-corrected chi connectivity index (χ0v) is 20.3. The quantitative estimate of drug-likeness (QED) is 0.356. The third-order valence-electron chi connectivity index (χ3n) is 7.08. The van der Waals surface area contributed by atoms with Gasteiger partial charge >= 0.3 is 0 Å². The fraction of sp³-hybridized carbons (Fsp3) is 0.129. The van der Waals surface area contributed by atoms with Crippen molar-refractivity contribution >= 4 is 23.2 Å². The minimum Gasteiger partial charge on any atom is -0.384 e. The molecular weight excluding hydrogens is 468 g/mol. The Morgan fingerprint density at radius 1 is 1.03 bits per heavy atom. The molecule has 0 amide bonds. The molecule has 1 aromatic heterocycles. The van der Waals surface area contributed by atoms with Crippen LogP contribution in [0.15, 0.2) is 113 Å². The van der Waals surface area contributed by atoms with Gasteiger partial charge in [0.1, 0.15) is 5.83 Å². The Bertz CT molecular complexity index is 1590. The van der Waals surface area contributed by atoms with Crippen molar-refractivity contribution in [2.24, 2.45) is 7.05 Å². The van der Waals surface area contributed by atoms with E-state index >= 15 is 8.78 Å². The van der Waals surface area contributed by atoms with E-state index in [1.807, 2.05) is 72.8 Å². The second-order valence-electron chi connectivity index (χ2n) is 9.34. The molecule has 0 saturated carbocycles. The van der Waals surface area contributed by atoms with Crippen LogP contribution < -0.4 is 10.9 Å². The lowest BCUT2D eigenvalue weighted by atomic mass is 9.92. The average molecular weight is 494 g/mol. The number of halogens is 2. The van der Waals surface area contributed by atoms with E-state index in [-0.39, 0.29) is 28.3 Å². The van der Waals surface area contributed by atoms with Crippen molar-refractivity contribution in [3.05, 3.63) is 141 Å². The summed E-state index contributed by atoms with van der Waals surface area (Å²) in [7, 11) is 1.63. The molecule has 0 spiro atoms. The van der Waals surface area contributed by atoms with E-state index < -0.39 is 11.8 Å². The fourth-order valence-electron chi connectivity index (χ4n) is 5.24. The summed E-state index contributed by atoms with van der Waals surface area (Å²) in [6.45, 7) is 0.536. The van der Waals surface area contributed by atoms with Gasteiger partial charge in [0.15, 0.2) is 0 Å². The first-order chi connectivity index (χ1) is 18.0. The number of aromatic nitrogens is 1. The van der Waals surface area contributed by atoms with Crippen LogP contribution in [0.4, 0.5) is 8.78 Å². The van der Waals surface area contributed by atoms with Gasteiger partial charge in [-0.05, 0) is 35.3 Å². The van der Waals surface area contributed by atoms with Crippen molar-refractivity contribution in [1.82, 2.24) is 14.8 Å². The summed E-state index contributed by atoms with van der Waals surface area (Å²) >= 11 is 0. The average Bonchev–Trinajstić information content (AvgIpc) is 3.10. The second kappa shape index (κ2) is 9.21. The lowest BCUT2D eigenvalue weighted by molar-refractivity contribution is 0.309. The number of pyridine rings is 1. The van der Waals surface area contributed by atoms with Gasteiger partial charge in [-0.25, -0.2) is 4.39 Å². The van der Waals surface area contributed by atoms with Gasteiger partial charge in [0, 0.05) is 42.7 Å². The summed E-state index contributed by atoms with van der Waals surface area (Å²) in [5.74, 6) is -1.14. The van der Waals surface area contributed by atoms with Crippen molar-refractivity contribution in [3.63, 3.8) is 0 Å². The Hall–Kier alpha value is -4.45. The topological polar surface area (TPSA) is 37.3 Å². The zero-order chi connectivity index (χ0) is 25.5. The number of nitrogens with zero attached hydrogens (tertiary/aromatic N) is 2. The molecule has 1 N–H and O–H groups in total. The van der Waals surface area contributed by atoms with Gasteiger partial charge in [-0.2, -0.15) is 4.39 Å². The molecule has 37 heavy (non-hydrogen) atoms. The molecule has 184 valence electrons. The lowest BCUT2D eigenvalue weighted by Gasteiger charge is -2.31. The monoisotopic (exact) mass is 493 g/mol. The Morgan fingerprint density at radius 3 is 2.51 bits per heavy atom. The molecule has 3 heterocycles. The van der Waals surface area contributed by atoms with Crippen molar-refractivity contribution < 1.29 is 8.78 Å². The number of rotatable bonds is 4. The third-order valence-corrected chi connectivity index (χ3v) is 7.08. The molecule has 0 bridgehead atoms. The molecule has 4 nitrogen and oxygen atoms in total. The standard InChI is InChI=1S/C31H25F2N3O/c1-35-17-15-23-25(32)18-24-27-26(14-16-34-29(27)28(23)31(35)37)36(30(24)33)19-22(21-10-6-3-7-11-21)13-12-20-8-4-2-5-9-20/h2-13,15,17-19,26,34H,14,16H2,1H3/b13-12+,22-19-. The van der Waals surface area contributed by atoms with E-state index in [1.165, 1.54) is 16.8 Å². The molecule has 1 atom stereocenters. The summed E-state index contributed by atoms with van der Waals surface area (Å²) in [5.41, 5.74) is 4.21. The first-order valence-corrected chi connectivity index (χ1v) is 12.3. The molecule has 1 unspecified atom stereocenters. The normalized spacial score (nSPS) is 19.0. The van der Waals surface area contributed by atoms with E-state index in [4.69, 9.17) is 0 Å². The number of nitrogens with one attached hydrogen (secondary N) is 1. The predicted molar refractivity (Wildman–Crippen MR) is 144 cm³/mol. The van der Waals surface area contributed by atoms with E-state index in [2.05, 4.69) is 5.32 Å². The Balaban J connectivity index is 1.52. The molecular formula is C31H25F2N3O. The van der Waals surface area contributed by atoms with Gasteiger partial charge in [-0.1, -0.05) is 72.8 Å².